The minimum atomic E-state index is -3.29. The van der Waals surface area contributed by atoms with Gasteiger partial charge in [0.25, 0.3) is 0 Å². The van der Waals surface area contributed by atoms with Crippen LogP contribution in [0.1, 0.15) is 61.2 Å². The molecule has 12 nitrogen and oxygen atoms in total. The van der Waals surface area contributed by atoms with Crippen molar-refractivity contribution in [3.8, 4) is 17.2 Å². The Balaban J connectivity index is 1.70. The number of benzene rings is 2. The maximum Gasteiger partial charge on any atom is 0.338 e. The third kappa shape index (κ3) is 9.78. The van der Waals surface area contributed by atoms with Crippen LogP contribution in [-0.2, 0) is 31.6 Å². The number of anilines is 1. The molecule has 1 aliphatic rings. The summed E-state index contributed by atoms with van der Waals surface area (Å²) in [4.78, 5) is 26.3. The molecule has 47 heavy (non-hydrogen) atoms. The number of carbonyl (C=O) groups is 2. The van der Waals surface area contributed by atoms with E-state index in [-0.39, 0.29) is 33.5 Å². The number of ether oxygens (including phenoxy) is 5. The SMILES string of the molecule is COc1ccc(C(Cc2c(Cl)c[n+]([O-])cc2Cl)OC(=O)c2ccc(N(CC(=O)OC(C)(C)C)[SH](=O)=O)c(OCC3CC3)c2)cc1OC. The predicted octanol–water partition coefficient (Wildman–Crippen LogP) is 5.25. The van der Waals surface area contributed by atoms with Gasteiger partial charge >= 0.3 is 11.9 Å². The van der Waals surface area contributed by atoms with E-state index in [0.717, 1.165) is 29.5 Å². The monoisotopic (exact) mass is 710 g/mol. The summed E-state index contributed by atoms with van der Waals surface area (Å²) in [6.45, 7) is 4.72. The molecule has 254 valence electrons. The van der Waals surface area contributed by atoms with E-state index in [4.69, 9.17) is 46.9 Å². The molecule has 1 heterocycles. The van der Waals surface area contributed by atoms with E-state index in [9.17, 15) is 23.2 Å². The number of thiol groups is 1. The van der Waals surface area contributed by atoms with Gasteiger partial charge < -0.3 is 28.9 Å². The van der Waals surface area contributed by atoms with Crippen molar-refractivity contribution in [3.63, 3.8) is 0 Å². The number of carbonyl (C=O) groups excluding carboxylic acids is 2. The number of halogens is 2. The van der Waals surface area contributed by atoms with Crippen LogP contribution in [0.25, 0.3) is 0 Å². The van der Waals surface area contributed by atoms with Crippen molar-refractivity contribution in [2.45, 2.75) is 51.7 Å². The minimum Gasteiger partial charge on any atom is -0.619 e. The second-order valence-corrected chi connectivity index (χ2v) is 13.6. The molecule has 15 heteroatoms. The summed E-state index contributed by atoms with van der Waals surface area (Å²) in [5, 5.41) is 12.0. The zero-order valence-corrected chi connectivity index (χ0v) is 28.9. The fourth-order valence-electron chi connectivity index (χ4n) is 4.58. The number of aromatic nitrogens is 1. The fraction of sp³-hybridized carbons (Fsp3) is 0.406. The Labute approximate surface area is 284 Å². The van der Waals surface area contributed by atoms with E-state index < -0.39 is 41.1 Å². The smallest absolute Gasteiger partial charge is 0.338 e. The molecule has 1 aliphatic carbocycles. The van der Waals surface area contributed by atoms with Crippen LogP contribution >= 0.6 is 23.2 Å². The highest BCUT2D eigenvalue weighted by molar-refractivity contribution is 7.74. The largest absolute Gasteiger partial charge is 0.619 e. The van der Waals surface area contributed by atoms with Crippen molar-refractivity contribution in [3.05, 3.63) is 80.7 Å². The van der Waals surface area contributed by atoms with E-state index in [0.29, 0.717) is 39.9 Å². The van der Waals surface area contributed by atoms with Crippen LogP contribution in [0.4, 0.5) is 5.69 Å². The Morgan fingerprint density at radius 2 is 1.66 bits per heavy atom. The first-order valence-electron chi connectivity index (χ1n) is 14.6. The Bertz CT molecular complexity index is 1670. The number of pyridine rings is 1. The van der Waals surface area contributed by atoms with Gasteiger partial charge in [-0.3, -0.25) is 9.10 Å². The average Bonchev–Trinajstić information content (AvgIpc) is 3.83. The lowest BCUT2D eigenvalue weighted by molar-refractivity contribution is -0.605. The Morgan fingerprint density at radius 3 is 2.23 bits per heavy atom. The highest BCUT2D eigenvalue weighted by atomic mass is 35.5. The summed E-state index contributed by atoms with van der Waals surface area (Å²) < 4.78 is 54.0. The van der Waals surface area contributed by atoms with Crippen LogP contribution in [0.5, 0.6) is 17.2 Å². The highest BCUT2D eigenvalue weighted by Crippen LogP contribution is 2.37. The van der Waals surface area contributed by atoms with Gasteiger partial charge in [-0.2, -0.15) is 4.73 Å². The molecule has 0 aliphatic heterocycles. The molecule has 1 atom stereocenters. The molecule has 1 aromatic heterocycles. The molecule has 3 aromatic rings. The lowest BCUT2D eigenvalue weighted by atomic mass is 10.0. The van der Waals surface area contributed by atoms with E-state index in [1.54, 1.807) is 39.0 Å². The Hall–Kier alpha value is -3.94. The molecule has 1 saturated carbocycles. The zero-order valence-electron chi connectivity index (χ0n) is 26.5. The van der Waals surface area contributed by atoms with Crippen LogP contribution in [-0.4, -0.2) is 53.3 Å². The van der Waals surface area contributed by atoms with Gasteiger partial charge in [0.05, 0.1) is 32.1 Å². The normalized spacial score (nSPS) is 13.5. The predicted molar refractivity (Wildman–Crippen MR) is 175 cm³/mol. The van der Waals surface area contributed by atoms with Gasteiger partial charge in [0, 0.05) is 12.0 Å². The van der Waals surface area contributed by atoms with E-state index in [1.165, 1.54) is 32.4 Å². The van der Waals surface area contributed by atoms with Gasteiger partial charge in [0.2, 0.25) is 10.9 Å². The van der Waals surface area contributed by atoms with Crippen molar-refractivity contribution in [1.82, 2.24) is 0 Å². The number of rotatable bonds is 14. The molecular weight excluding hydrogens is 675 g/mol. The summed E-state index contributed by atoms with van der Waals surface area (Å²) in [5.74, 6) is -0.338. The van der Waals surface area contributed by atoms with Crippen LogP contribution in [0.15, 0.2) is 48.8 Å². The second-order valence-electron chi connectivity index (χ2n) is 11.8. The molecule has 0 N–H and O–H groups in total. The average molecular weight is 712 g/mol. The molecule has 2 aromatic carbocycles. The Kier molecular flexibility index (Phi) is 11.7. The molecule has 0 spiro atoms. The third-order valence-corrected chi connectivity index (χ3v) is 8.42. The molecule has 0 amide bonds. The van der Waals surface area contributed by atoms with Crippen molar-refractivity contribution in [2.75, 3.05) is 31.7 Å². The van der Waals surface area contributed by atoms with Crippen LogP contribution < -0.4 is 23.2 Å². The second kappa shape index (κ2) is 15.3. The maximum atomic E-state index is 13.7. The first-order chi connectivity index (χ1) is 22.2. The van der Waals surface area contributed by atoms with Crippen molar-refractivity contribution < 1.29 is 46.4 Å². The molecule has 4 rings (SSSR count). The fourth-order valence-corrected chi connectivity index (χ4v) is 5.75. The number of esters is 2. The molecule has 0 bridgehead atoms. The lowest BCUT2D eigenvalue weighted by Crippen LogP contribution is -2.34. The number of nitrogens with zero attached hydrogens (tertiary/aromatic N) is 2. The van der Waals surface area contributed by atoms with Gasteiger partial charge in [0.1, 0.15) is 34.0 Å². The summed E-state index contributed by atoms with van der Waals surface area (Å²) >= 11 is 12.7. The molecule has 1 unspecified atom stereocenters. The van der Waals surface area contributed by atoms with Gasteiger partial charge in [-0.1, -0.05) is 29.3 Å². The third-order valence-electron chi connectivity index (χ3n) is 7.02. The number of hydrogen-bond acceptors (Lipinski definition) is 10. The summed E-state index contributed by atoms with van der Waals surface area (Å²) in [6, 6.07) is 9.09. The van der Waals surface area contributed by atoms with E-state index in [2.05, 4.69) is 0 Å². The van der Waals surface area contributed by atoms with E-state index in [1.807, 2.05) is 0 Å². The lowest BCUT2D eigenvalue weighted by Gasteiger charge is -2.24. The van der Waals surface area contributed by atoms with Gasteiger partial charge in [-0.05, 0) is 75.4 Å². The summed E-state index contributed by atoms with van der Waals surface area (Å²) in [6.07, 6.45) is 3.21. The maximum absolute atomic E-state index is 13.7. The topological polar surface area (TPSA) is 145 Å². The van der Waals surface area contributed by atoms with Crippen molar-refractivity contribution in [1.29, 1.82) is 0 Å². The van der Waals surface area contributed by atoms with Crippen molar-refractivity contribution >= 4 is 51.7 Å². The minimum absolute atomic E-state index is 0.0107. The standard InChI is InChI=1S/C32H36Cl2N2O10S/c1-32(2,3)46-30(37)17-36(47(40)41)25-10-8-21(13-28(25)44-18-19-6-7-19)31(38)45-27(14-22-23(33)15-35(39)16-24(22)34)20-9-11-26(42-4)29(12-20)43-5/h8-13,15-16,19,27,47H,6-7,14,17-18H2,1-5H3. The van der Waals surface area contributed by atoms with Crippen LogP contribution in [0.3, 0.4) is 0 Å². The van der Waals surface area contributed by atoms with Crippen LogP contribution in [0.2, 0.25) is 10.0 Å². The Morgan fingerprint density at radius 1 is 1.00 bits per heavy atom. The first-order valence-corrected chi connectivity index (χ1v) is 16.5. The summed E-state index contributed by atoms with van der Waals surface area (Å²) in [7, 11) is -0.339. The number of hydrogen-bond donors (Lipinski definition) is 1. The van der Waals surface area contributed by atoms with Gasteiger partial charge in [-0.15, -0.1) is 0 Å². The van der Waals surface area contributed by atoms with Gasteiger partial charge in [0.15, 0.2) is 23.9 Å². The molecule has 1 fully saturated rings. The first kappa shape index (κ1) is 35.9. The van der Waals surface area contributed by atoms with Crippen molar-refractivity contribution in [2.24, 2.45) is 5.92 Å². The highest BCUT2D eigenvalue weighted by Gasteiger charge is 2.28. The molecule has 0 radical (unpaired) electrons. The molecular formula is C32H36Cl2N2O10S. The van der Waals surface area contributed by atoms with Gasteiger partial charge in [-0.25, -0.2) is 13.2 Å². The van der Waals surface area contributed by atoms with E-state index >= 15 is 0 Å². The zero-order chi connectivity index (χ0) is 34.5. The number of methoxy groups -OCH3 is 2. The molecule has 0 saturated heterocycles. The summed E-state index contributed by atoms with van der Waals surface area (Å²) in [5.41, 5.74) is 0.162. The quantitative estimate of drug-likeness (QED) is 0.102. The van der Waals surface area contributed by atoms with Crippen LogP contribution in [0, 0.1) is 11.1 Å².